The normalized spacial score (nSPS) is 13.0. The molecule has 1 rings (SSSR count). The molecule has 0 bridgehead atoms. The van der Waals surface area contributed by atoms with Crippen LogP contribution in [0.2, 0.25) is 0 Å². The van der Waals surface area contributed by atoms with Gasteiger partial charge < -0.3 is 27.6 Å². The van der Waals surface area contributed by atoms with Gasteiger partial charge in [0.25, 0.3) is 6.33 Å². The highest BCUT2D eigenvalue weighted by atomic mass is 19.5. The molecule has 0 spiro atoms. The molecule has 1 aromatic rings. The maximum atomic E-state index is 9.75. The predicted molar refractivity (Wildman–Crippen MR) is 38.9 cm³/mol. The Morgan fingerprint density at radius 2 is 1.79 bits per heavy atom. The minimum Gasteiger partial charge on any atom is -0.418 e. The molecule has 1 unspecified atom stereocenters. The van der Waals surface area contributed by atoms with E-state index in [-0.39, 0.29) is 0 Å². The largest absolute Gasteiger partial charge is 0.673 e. The van der Waals surface area contributed by atoms with Crippen LogP contribution in [0.1, 0.15) is 13.2 Å². The maximum absolute atomic E-state index is 9.75. The minimum absolute atomic E-state index is 0.585. The molecule has 0 aliphatic heterocycles. The van der Waals surface area contributed by atoms with Crippen LogP contribution >= 0.6 is 0 Å². The Morgan fingerprint density at radius 3 is 1.93 bits per heavy atom. The average Bonchev–Trinajstić information content (AvgIpc) is 2.31. The summed E-state index contributed by atoms with van der Waals surface area (Å²) in [6.07, 6.45) is 3.81. The van der Waals surface area contributed by atoms with Crippen LogP contribution in [0, 0.1) is 0 Å². The van der Waals surface area contributed by atoms with E-state index in [9.17, 15) is 17.3 Å². The van der Waals surface area contributed by atoms with E-state index in [0.717, 1.165) is 4.73 Å². The van der Waals surface area contributed by atoms with Gasteiger partial charge >= 0.3 is 7.25 Å². The van der Waals surface area contributed by atoms with Gasteiger partial charge in [-0.05, 0) is 0 Å². The van der Waals surface area contributed by atoms with Gasteiger partial charge in [0.15, 0.2) is 12.4 Å². The zero-order chi connectivity index (χ0) is 11.4. The van der Waals surface area contributed by atoms with E-state index >= 15 is 0 Å². The molecule has 0 amide bonds. The minimum atomic E-state index is -6.00. The lowest BCUT2D eigenvalue weighted by Crippen LogP contribution is -2.35. The summed E-state index contributed by atoms with van der Waals surface area (Å²) in [4.78, 5) is 0. The van der Waals surface area contributed by atoms with E-state index in [2.05, 4.69) is 0 Å². The van der Waals surface area contributed by atoms with Gasteiger partial charge in [0.05, 0.1) is 0 Å². The Morgan fingerprint density at radius 1 is 1.36 bits per heavy atom. The van der Waals surface area contributed by atoms with Crippen molar-refractivity contribution in [2.75, 3.05) is 0 Å². The Balaban J connectivity index is 0.000000292. The second-order valence-corrected chi connectivity index (χ2v) is 2.37. The molecule has 2 N–H and O–H groups in total. The number of nitrogens with zero attached hydrogens (tertiary/aromatic N) is 2. The summed E-state index contributed by atoms with van der Waals surface area (Å²) in [6.45, 7) is 1.61. The molecule has 1 atom stereocenters. The number of rotatable bonds is 1. The van der Waals surface area contributed by atoms with E-state index in [1.165, 1.54) is 17.1 Å². The van der Waals surface area contributed by atoms with Gasteiger partial charge in [-0.25, -0.2) is 4.57 Å². The fourth-order valence-corrected chi connectivity index (χ4v) is 0.580. The lowest BCUT2D eigenvalue weighted by molar-refractivity contribution is -0.756. The van der Waals surface area contributed by atoms with Crippen LogP contribution in [0.4, 0.5) is 17.3 Å². The van der Waals surface area contributed by atoms with Gasteiger partial charge in [0.1, 0.15) is 6.20 Å². The van der Waals surface area contributed by atoms with Gasteiger partial charge in [0.2, 0.25) is 0 Å². The predicted octanol–water partition coefficient (Wildman–Crippen LogP) is 0.824. The zero-order valence-corrected chi connectivity index (χ0v) is 7.19. The molecule has 0 aliphatic rings. The third-order valence-corrected chi connectivity index (χ3v) is 1.07. The molecule has 0 aromatic carbocycles. The summed E-state index contributed by atoms with van der Waals surface area (Å²) >= 11 is 0. The van der Waals surface area contributed by atoms with E-state index in [0.29, 0.717) is 0 Å². The van der Waals surface area contributed by atoms with Gasteiger partial charge in [-0.2, -0.15) is 0 Å². The quantitative estimate of drug-likeness (QED) is 0.316. The van der Waals surface area contributed by atoms with Crippen molar-refractivity contribution in [3.63, 3.8) is 0 Å². The molecule has 14 heavy (non-hydrogen) atoms. The van der Waals surface area contributed by atoms with Crippen LogP contribution < -0.4 is 4.57 Å². The third-order valence-electron chi connectivity index (χ3n) is 1.07. The van der Waals surface area contributed by atoms with Crippen molar-refractivity contribution >= 4 is 7.25 Å². The number of aromatic nitrogens is 2. The number of aliphatic hydroxyl groups is 1. The summed E-state index contributed by atoms with van der Waals surface area (Å²) in [6, 6.07) is 0. The fraction of sp³-hybridized carbons (Fsp3) is 0.400. The summed E-state index contributed by atoms with van der Waals surface area (Å²) in [7, 11) is -6.00. The first-order valence-electron chi connectivity index (χ1n) is 3.53. The average molecular weight is 216 g/mol. The van der Waals surface area contributed by atoms with Crippen molar-refractivity contribution in [1.82, 2.24) is 4.73 Å². The van der Waals surface area contributed by atoms with Crippen molar-refractivity contribution in [2.45, 2.75) is 13.2 Å². The molecule has 82 valence electrons. The molecule has 0 fully saturated rings. The van der Waals surface area contributed by atoms with Crippen LogP contribution in [0.3, 0.4) is 0 Å². The zero-order valence-electron chi connectivity index (χ0n) is 7.19. The number of imidazole rings is 1. The summed E-state index contributed by atoms with van der Waals surface area (Å²) < 4.78 is 41.4. The molecular formula is C5H9BF4N2O2. The highest BCUT2D eigenvalue weighted by molar-refractivity contribution is 6.50. The summed E-state index contributed by atoms with van der Waals surface area (Å²) in [5.74, 6) is 0. The second-order valence-electron chi connectivity index (χ2n) is 2.37. The molecular weight excluding hydrogens is 207 g/mol. The van der Waals surface area contributed by atoms with Crippen molar-refractivity contribution in [3.05, 3.63) is 18.7 Å². The molecule has 9 heteroatoms. The number of hydrogen-bond donors (Lipinski definition) is 2. The molecule has 1 aromatic heterocycles. The molecule has 4 nitrogen and oxygen atoms in total. The van der Waals surface area contributed by atoms with E-state index < -0.39 is 13.5 Å². The standard InChI is InChI=1S/C5H9N2O2.BF4/c1-5(8)6-2-3-7(9)4-6;2-1(3,4)5/h2-5,8-9H,1H3;/q+1;-1. The second kappa shape index (κ2) is 4.84. The topological polar surface area (TPSA) is 49.3 Å². The third kappa shape index (κ3) is 7.41. The Kier molecular flexibility index (Phi) is 4.41. The number of aliphatic hydroxyl groups excluding tert-OH is 1. The number of hydrogen-bond acceptors (Lipinski definition) is 2. The van der Waals surface area contributed by atoms with Gasteiger partial charge in [-0.3, -0.25) is 0 Å². The van der Waals surface area contributed by atoms with Crippen LogP contribution in [-0.4, -0.2) is 22.3 Å². The van der Waals surface area contributed by atoms with Gasteiger partial charge in [-0.1, -0.05) is 4.73 Å². The van der Waals surface area contributed by atoms with Crippen molar-refractivity contribution in [2.24, 2.45) is 0 Å². The number of halogens is 4. The SMILES string of the molecule is CC(O)[n+]1ccn(O)c1.F[B-](F)(F)F. The highest BCUT2D eigenvalue weighted by Crippen LogP contribution is 2.06. The highest BCUT2D eigenvalue weighted by Gasteiger charge is 2.20. The van der Waals surface area contributed by atoms with E-state index in [1.54, 1.807) is 13.1 Å². The van der Waals surface area contributed by atoms with Crippen molar-refractivity contribution < 1.29 is 32.1 Å². The van der Waals surface area contributed by atoms with E-state index in [1.807, 2.05) is 0 Å². The molecule has 0 saturated heterocycles. The van der Waals surface area contributed by atoms with Crippen LogP contribution in [0.25, 0.3) is 0 Å². The Labute approximate surface area is 77.1 Å². The Hall–Kier alpha value is -1.25. The summed E-state index contributed by atoms with van der Waals surface area (Å²) in [5, 5.41) is 17.6. The first-order chi connectivity index (χ1) is 6.20. The lowest BCUT2D eigenvalue weighted by atomic mass is 10.3. The smallest absolute Gasteiger partial charge is 0.418 e. The molecule has 0 saturated carbocycles. The van der Waals surface area contributed by atoms with Crippen molar-refractivity contribution in [3.8, 4) is 0 Å². The van der Waals surface area contributed by atoms with Crippen molar-refractivity contribution in [1.29, 1.82) is 0 Å². The van der Waals surface area contributed by atoms with Crippen LogP contribution in [0.15, 0.2) is 18.7 Å². The molecule has 0 radical (unpaired) electrons. The van der Waals surface area contributed by atoms with Gasteiger partial charge in [0, 0.05) is 6.92 Å². The summed E-state index contributed by atoms with van der Waals surface area (Å²) in [5.41, 5.74) is 0. The van der Waals surface area contributed by atoms with Gasteiger partial charge in [-0.15, -0.1) is 0 Å². The lowest BCUT2D eigenvalue weighted by Gasteiger charge is -1.94. The fourth-order valence-electron chi connectivity index (χ4n) is 0.580. The Bertz CT molecular complexity index is 269. The first-order valence-corrected chi connectivity index (χ1v) is 3.53. The molecule has 0 aliphatic carbocycles. The van der Waals surface area contributed by atoms with E-state index in [4.69, 9.17) is 10.3 Å². The van der Waals surface area contributed by atoms with Crippen LogP contribution in [-0.2, 0) is 0 Å². The monoisotopic (exact) mass is 216 g/mol. The first kappa shape index (κ1) is 12.8. The maximum Gasteiger partial charge on any atom is 0.673 e. The molecule has 1 heterocycles. The van der Waals surface area contributed by atoms with Crippen LogP contribution in [0.5, 0.6) is 0 Å².